The number of nitrogens with one attached hydrogen (secondary N) is 1. The third kappa shape index (κ3) is 3.61. The number of hydrogen-bond acceptors (Lipinski definition) is 2. The Balaban J connectivity index is 2.26. The van der Waals surface area contributed by atoms with Crippen molar-refractivity contribution in [2.75, 3.05) is 6.54 Å². The van der Waals surface area contributed by atoms with E-state index in [-0.39, 0.29) is 36.6 Å². The van der Waals surface area contributed by atoms with E-state index in [9.17, 15) is 14.0 Å². The lowest BCUT2D eigenvalue weighted by Crippen LogP contribution is -2.58. The van der Waals surface area contributed by atoms with Crippen LogP contribution in [0.2, 0.25) is 0 Å². The zero-order chi connectivity index (χ0) is 15.6. The minimum Gasteiger partial charge on any atom is -0.345 e. The van der Waals surface area contributed by atoms with Crippen molar-refractivity contribution < 1.29 is 14.0 Å². The summed E-state index contributed by atoms with van der Waals surface area (Å²) in [5.74, 6) is -0.376. The summed E-state index contributed by atoms with van der Waals surface area (Å²) in [6.45, 7) is 4.23. The van der Waals surface area contributed by atoms with Crippen molar-refractivity contribution in [3.63, 3.8) is 0 Å². The Hall–Kier alpha value is -1.43. The normalized spacial score (nSPS) is 19.1. The second kappa shape index (κ2) is 6.56. The molecule has 1 saturated heterocycles. The quantitative estimate of drug-likeness (QED) is 0.900. The van der Waals surface area contributed by atoms with Crippen molar-refractivity contribution in [2.24, 2.45) is 5.92 Å². The van der Waals surface area contributed by atoms with Crippen LogP contribution in [0.25, 0.3) is 0 Å². The van der Waals surface area contributed by atoms with Gasteiger partial charge in [0.15, 0.2) is 0 Å². The molecule has 6 heteroatoms. The van der Waals surface area contributed by atoms with E-state index in [1.807, 2.05) is 13.8 Å². The van der Waals surface area contributed by atoms with Gasteiger partial charge in [0, 0.05) is 6.54 Å². The van der Waals surface area contributed by atoms with Gasteiger partial charge >= 0.3 is 0 Å². The summed E-state index contributed by atoms with van der Waals surface area (Å²) >= 11 is 3.20. The standard InChI is InChI=1S/C15H18BrFN2O2/c1-9(2)6-12-15(21)18-7-13(20)19(12)8-10-4-3-5-11(17)14(10)16/h3-5,9,12H,6-8H2,1-2H3,(H,18,21). The maximum atomic E-state index is 13.6. The third-order valence-electron chi connectivity index (χ3n) is 3.48. The first-order valence-corrected chi connectivity index (χ1v) is 7.69. The van der Waals surface area contributed by atoms with Crippen molar-refractivity contribution in [1.82, 2.24) is 10.2 Å². The smallest absolute Gasteiger partial charge is 0.243 e. The van der Waals surface area contributed by atoms with Crippen molar-refractivity contribution >= 4 is 27.7 Å². The molecule has 1 N–H and O–H groups in total. The Morgan fingerprint density at radius 3 is 2.81 bits per heavy atom. The van der Waals surface area contributed by atoms with Crippen LogP contribution in [0, 0.1) is 11.7 Å². The van der Waals surface area contributed by atoms with Gasteiger partial charge in [-0.1, -0.05) is 26.0 Å². The fraction of sp³-hybridized carbons (Fsp3) is 0.467. The second-order valence-electron chi connectivity index (χ2n) is 5.60. The van der Waals surface area contributed by atoms with Crippen molar-refractivity contribution in [3.05, 3.63) is 34.1 Å². The van der Waals surface area contributed by atoms with Gasteiger partial charge in [0.2, 0.25) is 11.8 Å². The molecule has 1 aliphatic heterocycles. The minimum absolute atomic E-state index is 0.000360. The number of halogens is 2. The number of rotatable bonds is 4. The molecule has 1 unspecified atom stereocenters. The van der Waals surface area contributed by atoms with E-state index in [2.05, 4.69) is 21.2 Å². The van der Waals surface area contributed by atoms with Crippen LogP contribution in [0.4, 0.5) is 4.39 Å². The molecule has 1 atom stereocenters. The Kier molecular flexibility index (Phi) is 4.98. The molecule has 0 aliphatic carbocycles. The highest BCUT2D eigenvalue weighted by molar-refractivity contribution is 9.10. The van der Waals surface area contributed by atoms with E-state index in [0.717, 1.165) is 0 Å². The first kappa shape index (κ1) is 15.9. The van der Waals surface area contributed by atoms with E-state index in [0.29, 0.717) is 16.5 Å². The Bertz CT molecular complexity index is 563. The van der Waals surface area contributed by atoms with Crippen LogP contribution in [0.15, 0.2) is 22.7 Å². The maximum Gasteiger partial charge on any atom is 0.243 e. The zero-order valence-electron chi connectivity index (χ0n) is 12.0. The molecule has 1 aromatic rings. The molecule has 1 fully saturated rings. The van der Waals surface area contributed by atoms with Crippen LogP contribution in [-0.2, 0) is 16.1 Å². The van der Waals surface area contributed by atoms with Crippen LogP contribution in [0.3, 0.4) is 0 Å². The van der Waals surface area contributed by atoms with Crippen molar-refractivity contribution in [2.45, 2.75) is 32.9 Å². The van der Waals surface area contributed by atoms with Gasteiger partial charge in [-0.05, 0) is 39.9 Å². The molecule has 1 heterocycles. The van der Waals surface area contributed by atoms with E-state index in [1.165, 1.54) is 6.07 Å². The molecular formula is C15H18BrFN2O2. The zero-order valence-corrected chi connectivity index (χ0v) is 13.6. The summed E-state index contributed by atoms with van der Waals surface area (Å²) in [6.07, 6.45) is 0.588. The highest BCUT2D eigenvalue weighted by Gasteiger charge is 2.35. The molecule has 1 aromatic carbocycles. The van der Waals surface area contributed by atoms with Crippen molar-refractivity contribution in [1.29, 1.82) is 0 Å². The molecule has 4 nitrogen and oxygen atoms in total. The average Bonchev–Trinajstić information content (AvgIpc) is 2.42. The molecule has 0 saturated carbocycles. The van der Waals surface area contributed by atoms with E-state index >= 15 is 0 Å². The molecule has 0 aromatic heterocycles. The molecule has 2 rings (SSSR count). The monoisotopic (exact) mass is 356 g/mol. The first-order chi connectivity index (χ1) is 9.90. The number of benzene rings is 1. The summed E-state index contributed by atoms with van der Waals surface area (Å²) < 4.78 is 13.9. The van der Waals surface area contributed by atoms with Crippen molar-refractivity contribution in [3.8, 4) is 0 Å². The van der Waals surface area contributed by atoms with E-state index in [4.69, 9.17) is 0 Å². The highest BCUT2D eigenvalue weighted by atomic mass is 79.9. The fourth-order valence-corrected chi connectivity index (χ4v) is 2.82. The molecule has 21 heavy (non-hydrogen) atoms. The lowest BCUT2D eigenvalue weighted by atomic mass is 9.99. The summed E-state index contributed by atoms with van der Waals surface area (Å²) in [7, 11) is 0. The predicted octanol–water partition coefficient (Wildman–Crippen LogP) is 2.46. The van der Waals surface area contributed by atoms with Gasteiger partial charge in [0.1, 0.15) is 11.9 Å². The Morgan fingerprint density at radius 2 is 2.14 bits per heavy atom. The predicted molar refractivity (Wildman–Crippen MR) is 80.9 cm³/mol. The lowest BCUT2D eigenvalue weighted by Gasteiger charge is -2.36. The molecule has 2 amide bonds. The van der Waals surface area contributed by atoms with Crippen LogP contribution < -0.4 is 5.32 Å². The number of hydrogen-bond donors (Lipinski definition) is 1. The summed E-state index contributed by atoms with van der Waals surface area (Å²) in [4.78, 5) is 25.7. The van der Waals surface area contributed by atoms with Crippen LogP contribution in [0.1, 0.15) is 25.8 Å². The Morgan fingerprint density at radius 1 is 1.43 bits per heavy atom. The summed E-state index contributed by atoms with van der Waals surface area (Å²) in [5, 5.41) is 2.61. The maximum absolute atomic E-state index is 13.6. The molecular weight excluding hydrogens is 339 g/mol. The molecule has 0 spiro atoms. The second-order valence-corrected chi connectivity index (χ2v) is 6.39. The Labute approximate surface area is 131 Å². The van der Waals surface area contributed by atoms with Crippen LogP contribution >= 0.6 is 15.9 Å². The number of carbonyl (C=O) groups excluding carboxylic acids is 2. The first-order valence-electron chi connectivity index (χ1n) is 6.90. The lowest BCUT2D eigenvalue weighted by molar-refractivity contribution is -0.146. The van der Waals surface area contributed by atoms with Gasteiger partial charge in [-0.3, -0.25) is 9.59 Å². The molecule has 1 aliphatic rings. The third-order valence-corrected chi connectivity index (χ3v) is 4.37. The number of amides is 2. The van der Waals surface area contributed by atoms with Crippen LogP contribution in [0.5, 0.6) is 0 Å². The van der Waals surface area contributed by atoms with Gasteiger partial charge in [0.05, 0.1) is 11.0 Å². The highest BCUT2D eigenvalue weighted by Crippen LogP contribution is 2.24. The number of carbonyl (C=O) groups is 2. The average molecular weight is 357 g/mol. The van der Waals surface area contributed by atoms with Gasteiger partial charge in [-0.15, -0.1) is 0 Å². The number of piperazine rings is 1. The van der Waals surface area contributed by atoms with Crippen LogP contribution in [-0.4, -0.2) is 29.3 Å². The SMILES string of the molecule is CC(C)CC1C(=O)NCC(=O)N1Cc1cccc(F)c1Br. The largest absolute Gasteiger partial charge is 0.345 e. The molecule has 0 radical (unpaired) electrons. The van der Waals surface area contributed by atoms with Gasteiger partial charge in [-0.25, -0.2) is 4.39 Å². The molecule has 0 bridgehead atoms. The van der Waals surface area contributed by atoms with Gasteiger partial charge in [-0.2, -0.15) is 0 Å². The summed E-state index contributed by atoms with van der Waals surface area (Å²) in [6, 6.07) is 4.20. The fourth-order valence-electron chi connectivity index (χ4n) is 2.43. The number of nitrogens with zero attached hydrogens (tertiary/aromatic N) is 1. The topological polar surface area (TPSA) is 49.4 Å². The molecule has 114 valence electrons. The van der Waals surface area contributed by atoms with Gasteiger partial charge in [0.25, 0.3) is 0 Å². The van der Waals surface area contributed by atoms with E-state index < -0.39 is 6.04 Å². The van der Waals surface area contributed by atoms with Gasteiger partial charge < -0.3 is 10.2 Å². The minimum atomic E-state index is -0.499. The van der Waals surface area contributed by atoms with E-state index in [1.54, 1.807) is 17.0 Å². The summed E-state index contributed by atoms with van der Waals surface area (Å²) in [5.41, 5.74) is 0.659.